The van der Waals surface area contributed by atoms with Crippen molar-refractivity contribution in [2.24, 2.45) is 5.73 Å². The molecule has 0 aromatic carbocycles. The van der Waals surface area contributed by atoms with Gasteiger partial charge in [0.25, 0.3) is 0 Å². The topological polar surface area (TPSA) is 52.3 Å². The lowest BCUT2D eigenvalue weighted by Gasteiger charge is -2.03. The Bertz CT molecular complexity index is 157. The van der Waals surface area contributed by atoms with Gasteiger partial charge in [-0.2, -0.15) is 0 Å². The van der Waals surface area contributed by atoms with Gasteiger partial charge in [-0.3, -0.25) is 4.79 Å². The molecule has 3 nitrogen and oxygen atoms in total. The van der Waals surface area contributed by atoms with Crippen LogP contribution >= 0.6 is 12.2 Å². The minimum Gasteiger partial charge on any atom is -0.455 e. The van der Waals surface area contributed by atoms with Gasteiger partial charge in [0.15, 0.2) is 6.10 Å². The molecule has 0 spiro atoms. The third kappa shape index (κ3) is 1.38. The number of thiocarbonyl (C=S) groups is 1. The van der Waals surface area contributed by atoms with Gasteiger partial charge in [-0.15, -0.1) is 0 Å². The van der Waals surface area contributed by atoms with E-state index in [-0.39, 0.29) is 17.1 Å². The van der Waals surface area contributed by atoms with Gasteiger partial charge in [0, 0.05) is 12.8 Å². The molecule has 1 aliphatic rings. The Morgan fingerprint density at radius 2 is 2.56 bits per heavy atom. The summed E-state index contributed by atoms with van der Waals surface area (Å²) in [6.07, 6.45) is 0.795. The van der Waals surface area contributed by atoms with Crippen molar-refractivity contribution in [3.63, 3.8) is 0 Å². The zero-order chi connectivity index (χ0) is 6.85. The van der Waals surface area contributed by atoms with Gasteiger partial charge in [-0.1, -0.05) is 12.2 Å². The van der Waals surface area contributed by atoms with Crippen molar-refractivity contribution < 1.29 is 9.53 Å². The standard InChI is InChI=1S/C5H7NO2S/c6-5(9)3-1-2-4(7)8-3/h3H,1-2H2,(H2,6,9)/t3-/m0/s1. The Morgan fingerprint density at radius 3 is 2.78 bits per heavy atom. The van der Waals surface area contributed by atoms with Gasteiger partial charge in [0.2, 0.25) is 0 Å². The summed E-state index contributed by atoms with van der Waals surface area (Å²) < 4.78 is 4.72. The number of hydrogen-bond acceptors (Lipinski definition) is 3. The first-order chi connectivity index (χ1) is 4.20. The summed E-state index contributed by atoms with van der Waals surface area (Å²) in [5.41, 5.74) is 5.21. The van der Waals surface area contributed by atoms with Crippen LogP contribution < -0.4 is 5.73 Å². The monoisotopic (exact) mass is 145 g/mol. The molecule has 0 unspecified atom stereocenters. The molecule has 1 atom stereocenters. The summed E-state index contributed by atoms with van der Waals surface area (Å²) in [7, 11) is 0. The van der Waals surface area contributed by atoms with Crippen molar-refractivity contribution in [3.05, 3.63) is 0 Å². The van der Waals surface area contributed by atoms with Crippen molar-refractivity contribution in [2.45, 2.75) is 18.9 Å². The summed E-state index contributed by atoms with van der Waals surface area (Å²) >= 11 is 4.61. The molecular weight excluding hydrogens is 138 g/mol. The van der Waals surface area contributed by atoms with E-state index in [2.05, 4.69) is 12.2 Å². The van der Waals surface area contributed by atoms with E-state index in [1.807, 2.05) is 0 Å². The average molecular weight is 145 g/mol. The second kappa shape index (κ2) is 2.31. The molecule has 1 saturated heterocycles. The van der Waals surface area contributed by atoms with E-state index in [1.54, 1.807) is 0 Å². The molecule has 0 amide bonds. The predicted molar refractivity (Wildman–Crippen MR) is 35.9 cm³/mol. The van der Waals surface area contributed by atoms with Crippen LogP contribution in [0.15, 0.2) is 0 Å². The normalized spacial score (nSPS) is 25.8. The summed E-state index contributed by atoms with van der Waals surface area (Å²) in [6, 6.07) is 0. The molecule has 0 aromatic rings. The largest absolute Gasteiger partial charge is 0.455 e. The molecule has 0 radical (unpaired) electrons. The van der Waals surface area contributed by atoms with Gasteiger partial charge in [-0.25, -0.2) is 0 Å². The third-order valence-electron chi connectivity index (χ3n) is 1.20. The Balaban J connectivity index is 2.48. The maximum absolute atomic E-state index is 10.4. The van der Waals surface area contributed by atoms with E-state index in [4.69, 9.17) is 10.5 Å². The molecule has 0 aliphatic carbocycles. The van der Waals surface area contributed by atoms with Crippen molar-refractivity contribution in [1.82, 2.24) is 0 Å². The predicted octanol–water partition coefficient (Wildman–Crippen LogP) is -0.0219. The van der Waals surface area contributed by atoms with Crippen LogP contribution in [0.4, 0.5) is 0 Å². The molecule has 0 aromatic heterocycles. The summed E-state index contributed by atoms with van der Waals surface area (Å²) in [6.45, 7) is 0. The van der Waals surface area contributed by atoms with Crippen LogP contribution in [0.5, 0.6) is 0 Å². The molecule has 1 rings (SSSR count). The molecule has 1 aliphatic heterocycles. The van der Waals surface area contributed by atoms with Crippen molar-refractivity contribution in [1.29, 1.82) is 0 Å². The molecule has 9 heavy (non-hydrogen) atoms. The van der Waals surface area contributed by atoms with Crippen LogP contribution in [-0.2, 0) is 9.53 Å². The quantitative estimate of drug-likeness (QED) is 0.416. The van der Waals surface area contributed by atoms with Crippen LogP contribution in [0.25, 0.3) is 0 Å². The Labute approximate surface area is 58.2 Å². The van der Waals surface area contributed by atoms with Crippen molar-refractivity contribution >= 4 is 23.2 Å². The van der Waals surface area contributed by atoms with Crippen LogP contribution in [0.2, 0.25) is 0 Å². The van der Waals surface area contributed by atoms with Crippen LogP contribution in [-0.4, -0.2) is 17.1 Å². The van der Waals surface area contributed by atoms with Gasteiger partial charge in [-0.05, 0) is 0 Å². The lowest BCUT2D eigenvalue weighted by molar-refractivity contribution is -0.139. The van der Waals surface area contributed by atoms with Gasteiger partial charge < -0.3 is 10.5 Å². The lowest BCUT2D eigenvalue weighted by Crippen LogP contribution is -2.25. The van der Waals surface area contributed by atoms with E-state index < -0.39 is 0 Å². The highest BCUT2D eigenvalue weighted by Gasteiger charge is 2.24. The lowest BCUT2D eigenvalue weighted by atomic mass is 10.2. The molecule has 4 heteroatoms. The smallest absolute Gasteiger partial charge is 0.306 e. The second-order valence-electron chi connectivity index (χ2n) is 1.92. The van der Waals surface area contributed by atoms with E-state index in [0.717, 1.165) is 0 Å². The first-order valence-electron chi connectivity index (χ1n) is 2.69. The van der Waals surface area contributed by atoms with E-state index in [1.165, 1.54) is 0 Å². The van der Waals surface area contributed by atoms with Gasteiger partial charge in [0.1, 0.15) is 4.99 Å². The second-order valence-corrected chi connectivity index (χ2v) is 2.39. The highest BCUT2D eigenvalue weighted by atomic mass is 32.1. The number of esters is 1. The summed E-state index contributed by atoms with van der Waals surface area (Å²) in [4.78, 5) is 10.7. The minimum atomic E-state index is -0.299. The minimum absolute atomic E-state index is 0.201. The van der Waals surface area contributed by atoms with E-state index in [9.17, 15) is 4.79 Å². The third-order valence-corrected chi connectivity index (χ3v) is 1.46. The summed E-state index contributed by atoms with van der Waals surface area (Å²) in [5, 5.41) is 0. The summed E-state index contributed by atoms with van der Waals surface area (Å²) in [5.74, 6) is -0.201. The highest BCUT2D eigenvalue weighted by molar-refractivity contribution is 7.80. The SMILES string of the molecule is NC(=S)[C@@H]1CCC(=O)O1. The molecule has 1 heterocycles. The highest BCUT2D eigenvalue weighted by Crippen LogP contribution is 2.12. The van der Waals surface area contributed by atoms with Gasteiger partial charge >= 0.3 is 5.97 Å². The van der Waals surface area contributed by atoms with E-state index >= 15 is 0 Å². The number of ether oxygens (including phenoxy) is 1. The van der Waals surface area contributed by atoms with Gasteiger partial charge in [0.05, 0.1) is 0 Å². The fourth-order valence-corrected chi connectivity index (χ4v) is 0.892. The van der Waals surface area contributed by atoms with Crippen molar-refractivity contribution in [2.75, 3.05) is 0 Å². The average Bonchev–Trinajstić information content (AvgIpc) is 2.14. The first kappa shape index (κ1) is 6.48. The number of hydrogen-bond donors (Lipinski definition) is 1. The Hall–Kier alpha value is -0.640. The van der Waals surface area contributed by atoms with Crippen LogP contribution in [0.1, 0.15) is 12.8 Å². The number of nitrogens with two attached hydrogens (primary N) is 1. The Morgan fingerprint density at radius 1 is 1.89 bits per heavy atom. The maximum atomic E-state index is 10.4. The number of carbonyl (C=O) groups is 1. The number of rotatable bonds is 1. The molecule has 50 valence electrons. The Kier molecular flexibility index (Phi) is 1.66. The molecule has 0 bridgehead atoms. The number of cyclic esters (lactones) is 1. The zero-order valence-corrected chi connectivity index (χ0v) is 5.61. The maximum Gasteiger partial charge on any atom is 0.306 e. The molecule has 1 fully saturated rings. The fraction of sp³-hybridized carbons (Fsp3) is 0.600. The zero-order valence-electron chi connectivity index (χ0n) is 4.79. The van der Waals surface area contributed by atoms with E-state index in [0.29, 0.717) is 12.8 Å². The van der Waals surface area contributed by atoms with Crippen molar-refractivity contribution in [3.8, 4) is 0 Å². The fourth-order valence-electron chi connectivity index (χ4n) is 0.726. The molecular formula is C5H7NO2S. The molecule has 0 saturated carbocycles. The first-order valence-corrected chi connectivity index (χ1v) is 3.10. The molecule has 2 N–H and O–H groups in total. The van der Waals surface area contributed by atoms with Crippen LogP contribution in [0.3, 0.4) is 0 Å². The van der Waals surface area contributed by atoms with Crippen LogP contribution in [0, 0.1) is 0 Å². The number of carbonyl (C=O) groups excluding carboxylic acids is 1.